The molecule has 1 aromatic carbocycles. The SMILES string of the molecule is O=C1N[C@@H](CO)C(=O)N1c1ccccc1OC(F)(F)F. The number of imide groups is 1. The molecule has 2 N–H and O–H groups in total. The Hall–Kier alpha value is -2.29. The van der Waals surface area contributed by atoms with Gasteiger partial charge in [0, 0.05) is 0 Å². The Kier molecular flexibility index (Phi) is 3.53. The van der Waals surface area contributed by atoms with E-state index in [9.17, 15) is 22.8 Å². The van der Waals surface area contributed by atoms with Crippen molar-refractivity contribution >= 4 is 17.6 Å². The number of carbonyl (C=O) groups is 2. The van der Waals surface area contributed by atoms with Crippen LogP contribution in [0.1, 0.15) is 0 Å². The average molecular weight is 290 g/mol. The number of carbonyl (C=O) groups excluding carboxylic acids is 2. The Bertz CT molecular complexity index is 547. The van der Waals surface area contributed by atoms with Crippen LogP contribution < -0.4 is 15.0 Å². The van der Waals surface area contributed by atoms with E-state index >= 15 is 0 Å². The van der Waals surface area contributed by atoms with Gasteiger partial charge in [-0.15, -0.1) is 13.2 Å². The number of rotatable bonds is 3. The second kappa shape index (κ2) is 5.00. The highest BCUT2D eigenvalue weighted by Gasteiger charge is 2.41. The van der Waals surface area contributed by atoms with Crippen molar-refractivity contribution < 1.29 is 32.6 Å². The summed E-state index contributed by atoms with van der Waals surface area (Å²) in [7, 11) is 0. The van der Waals surface area contributed by atoms with E-state index in [1.165, 1.54) is 12.1 Å². The number of urea groups is 1. The normalized spacial score (nSPS) is 19.2. The van der Waals surface area contributed by atoms with Crippen LogP contribution in [0.5, 0.6) is 5.75 Å². The second-order valence-electron chi connectivity index (χ2n) is 3.87. The summed E-state index contributed by atoms with van der Waals surface area (Å²) in [6, 6.07) is 2.64. The predicted molar refractivity (Wildman–Crippen MR) is 60.0 cm³/mol. The summed E-state index contributed by atoms with van der Waals surface area (Å²) in [5.74, 6) is -1.53. The van der Waals surface area contributed by atoms with Crippen molar-refractivity contribution in [3.05, 3.63) is 24.3 Å². The lowest BCUT2D eigenvalue weighted by Crippen LogP contribution is -2.33. The number of ether oxygens (including phenoxy) is 1. The molecule has 6 nitrogen and oxygen atoms in total. The molecule has 1 heterocycles. The van der Waals surface area contributed by atoms with Crippen LogP contribution in [0.2, 0.25) is 0 Å². The van der Waals surface area contributed by atoms with E-state index in [1.807, 2.05) is 0 Å². The Morgan fingerprint density at radius 2 is 1.95 bits per heavy atom. The van der Waals surface area contributed by atoms with Crippen molar-refractivity contribution in [1.82, 2.24) is 5.32 Å². The number of benzene rings is 1. The second-order valence-corrected chi connectivity index (χ2v) is 3.87. The maximum absolute atomic E-state index is 12.3. The van der Waals surface area contributed by atoms with Gasteiger partial charge in [-0.25, -0.2) is 9.69 Å². The molecule has 3 amide bonds. The summed E-state index contributed by atoms with van der Waals surface area (Å²) in [5, 5.41) is 11.0. The van der Waals surface area contributed by atoms with Crippen molar-refractivity contribution in [3.63, 3.8) is 0 Å². The van der Waals surface area contributed by atoms with Gasteiger partial charge in [0.05, 0.1) is 12.3 Å². The van der Waals surface area contributed by atoms with Crippen LogP contribution in [0.25, 0.3) is 0 Å². The minimum atomic E-state index is -4.95. The highest BCUT2D eigenvalue weighted by molar-refractivity contribution is 6.22. The molecule has 1 aromatic rings. The van der Waals surface area contributed by atoms with Gasteiger partial charge >= 0.3 is 12.4 Å². The maximum atomic E-state index is 12.3. The van der Waals surface area contributed by atoms with Crippen molar-refractivity contribution in [2.75, 3.05) is 11.5 Å². The summed E-state index contributed by atoms with van der Waals surface area (Å²) < 4.78 is 40.6. The summed E-state index contributed by atoms with van der Waals surface area (Å²) in [6.07, 6.45) is -4.95. The summed E-state index contributed by atoms with van der Waals surface area (Å²) >= 11 is 0. The largest absolute Gasteiger partial charge is 0.573 e. The predicted octanol–water partition coefficient (Wildman–Crippen LogP) is 1.00. The topological polar surface area (TPSA) is 78.9 Å². The van der Waals surface area contributed by atoms with Crippen LogP contribution in [0.3, 0.4) is 0 Å². The molecule has 1 saturated heterocycles. The number of alkyl halides is 3. The van der Waals surface area contributed by atoms with Gasteiger partial charge in [-0.3, -0.25) is 4.79 Å². The van der Waals surface area contributed by atoms with Gasteiger partial charge in [-0.05, 0) is 12.1 Å². The van der Waals surface area contributed by atoms with E-state index in [0.29, 0.717) is 4.90 Å². The smallest absolute Gasteiger partial charge is 0.404 e. The first-order valence-corrected chi connectivity index (χ1v) is 5.43. The van der Waals surface area contributed by atoms with Gasteiger partial charge in [0.1, 0.15) is 6.04 Å². The highest BCUT2D eigenvalue weighted by Crippen LogP contribution is 2.34. The molecule has 1 atom stereocenters. The zero-order chi connectivity index (χ0) is 14.9. The van der Waals surface area contributed by atoms with E-state index in [2.05, 4.69) is 10.1 Å². The molecular formula is C11H9F3N2O4. The molecule has 1 fully saturated rings. The minimum Gasteiger partial charge on any atom is -0.404 e. The zero-order valence-electron chi connectivity index (χ0n) is 9.85. The molecule has 2 rings (SSSR count). The van der Waals surface area contributed by atoms with Gasteiger partial charge in [0.15, 0.2) is 5.75 Å². The lowest BCUT2D eigenvalue weighted by atomic mass is 10.2. The number of hydrogen-bond donors (Lipinski definition) is 2. The third-order valence-corrected chi connectivity index (χ3v) is 2.53. The van der Waals surface area contributed by atoms with Crippen molar-refractivity contribution in [2.24, 2.45) is 0 Å². The Labute approximate surface area is 110 Å². The van der Waals surface area contributed by atoms with Crippen LogP contribution in [-0.4, -0.2) is 36.1 Å². The molecule has 9 heteroatoms. The van der Waals surface area contributed by atoms with Gasteiger partial charge in [0.2, 0.25) is 0 Å². The first kappa shape index (κ1) is 14.1. The fourth-order valence-electron chi connectivity index (χ4n) is 1.74. The number of halogens is 3. The molecule has 0 radical (unpaired) electrons. The Morgan fingerprint density at radius 1 is 1.30 bits per heavy atom. The molecule has 1 aliphatic rings. The lowest BCUT2D eigenvalue weighted by Gasteiger charge is -2.18. The highest BCUT2D eigenvalue weighted by atomic mass is 19.4. The monoisotopic (exact) mass is 290 g/mol. The van der Waals surface area contributed by atoms with Gasteiger partial charge < -0.3 is 15.2 Å². The molecule has 0 saturated carbocycles. The summed E-state index contributed by atoms with van der Waals surface area (Å²) in [5.41, 5.74) is -0.344. The number of nitrogens with zero attached hydrogens (tertiary/aromatic N) is 1. The molecule has 0 spiro atoms. The van der Waals surface area contributed by atoms with E-state index in [0.717, 1.165) is 12.1 Å². The number of hydrogen-bond acceptors (Lipinski definition) is 4. The number of anilines is 1. The minimum absolute atomic E-state index is 0.344. The fraction of sp³-hybridized carbons (Fsp3) is 0.273. The molecule has 0 aliphatic carbocycles. The number of para-hydroxylation sites is 2. The molecule has 0 unspecified atom stereocenters. The van der Waals surface area contributed by atoms with Gasteiger partial charge in [-0.1, -0.05) is 12.1 Å². The summed E-state index contributed by atoms with van der Waals surface area (Å²) in [4.78, 5) is 23.9. The van der Waals surface area contributed by atoms with Gasteiger partial charge in [-0.2, -0.15) is 0 Å². The van der Waals surface area contributed by atoms with Crippen molar-refractivity contribution in [2.45, 2.75) is 12.4 Å². The van der Waals surface area contributed by atoms with Crippen molar-refractivity contribution in [3.8, 4) is 5.75 Å². The molecule has 108 valence electrons. The quantitative estimate of drug-likeness (QED) is 0.814. The zero-order valence-corrected chi connectivity index (χ0v) is 9.85. The van der Waals surface area contributed by atoms with Gasteiger partial charge in [0.25, 0.3) is 5.91 Å². The number of nitrogens with one attached hydrogen (secondary N) is 1. The van der Waals surface area contributed by atoms with E-state index in [1.54, 1.807) is 0 Å². The van der Waals surface area contributed by atoms with Crippen LogP contribution in [0.4, 0.5) is 23.7 Å². The van der Waals surface area contributed by atoms with Crippen LogP contribution >= 0.6 is 0 Å². The molecule has 1 aliphatic heterocycles. The molecule has 0 bridgehead atoms. The Morgan fingerprint density at radius 3 is 2.50 bits per heavy atom. The number of amides is 3. The van der Waals surface area contributed by atoms with Crippen LogP contribution in [0.15, 0.2) is 24.3 Å². The number of aliphatic hydroxyl groups excluding tert-OH is 1. The fourth-order valence-corrected chi connectivity index (χ4v) is 1.74. The van der Waals surface area contributed by atoms with Crippen LogP contribution in [0, 0.1) is 0 Å². The Balaban J connectivity index is 2.38. The number of aliphatic hydroxyl groups is 1. The lowest BCUT2D eigenvalue weighted by molar-refractivity contribution is -0.274. The van der Waals surface area contributed by atoms with Crippen LogP contribution in [-0.2, 0) is 4.79 Å². The third-order valence-electron chi connectivity index (χ3n) is 2.53. The standard InChI is InChI=1S/C11H9F3N2O4/c12-11(13,14)20-8-4-2-1-3-7(8)16-9(18)6(5-17)15-10(16)19/h1-4,6,17H,5H2,(H,15,19)/t6-/m0/s1. The first-order chi connectivity index (χ1) is 9.33. The molecule has 20 heavy (non-hydrogen) atoms. The van der Waals surface area contributed by atoms with E-state index in [-0.39, 0.29) is 5.69 Å². The molecular weight excluding hydrogens is 281 g/mol. The van der Waals surface area contributed by atoms with E-state index in [4.69, 9.17) is 5.11 Å². The third kappa shape index (κ3) is 2.67. The summed E-state index contributed by atoms with van der Waals surface area (Å²) in [6.45, 7) is -0.649. The average Bonchev–Trinajstić information content (AvgIpc) is 2.63. The first-order valence-electron chi connectivity index (χ1n) is 5.43. The maximum Gasteiger partial charge on any atom is 0.573 e. The van der Waals surface area contributed by atoms with E-state index < -0.39 is 36.7 Å². The van der Waals surface area contributed by atoms with Crippen molar-refractivity contribution in [1.29, 1.82) is 0 Å². The molecule has 0 aromatic heterocycles.